The van der Waals surface area contributed by atoms with Crippen molar-refractivity contribution in [2.75, 3.05) is 45.2 Å². The summed E-state index contributed by atoms with van der Waals surface area (Å²) in [5, 5.41) is 15.3. The predicted molar refractivity (Wildman–Crippen MR) is 138 cm³/mol. The lowest BCUT2D eigenvalue weighted by atomic mass is 10.1. The highest BCUT2D eigenvalue weighted by atomic mass is 19.1. The van der Waals surface area contributed by atoms with Crippen molar-refractivity contribution in [1.82, 2.24) is 15.2 Å². The molecule has 9 nitrogen and oxygen atoms in total. The van der Waals surface area contributed by atoms with E-state index < -0.39 is 23.9 Å². The number of hydrogen-bond acceptors (Lipinski definition) is 7. The van der Waals surface area contributed by atoms with Gasteiger partial charge in [-0.15, -0.1) is 0 Å². The molecule has 1 aromatic heterocycles. The van der Waals surface area contributed by atoms with Gasteiger partial charge in [-0.1, -0.05) is 24.3 Å². The number of unbranched alkanes of at least 4 members (excludes halogenated alkanes) is 1. The molecule has 3 N–H and O–H groups in total. The van der Waals surface area contributed by atoms with Gasteiger partial charge in [0.1, 0.15) is 24.3 Å². The molecular weight excluding hydrogens is 479 g/mol. The van der Waals surface area contributed by atoms with Crippen LogP contribution in [0.2, 0.25) is 0 Å². The predicted octanol–water partition coefficient (Wildman–Crippen LogP) is 3.62. The minimum Gasteiger partial charge on any atom is -0.480 e. The van der Waals surface area contributed by atoms with Crippen LogP contribution in [-0.2, 0) is 33.7 Å². The average Bonchev–Trinajstić information content (AvgIpc) is 2.90. The van der Waals surface area contributed by atoms with Crippen molar-refractivity contribution >= 4 is 17.9 Å². The van der Waals surface area contributed by atoms with Crippen LogP contribution in [0.25, 0.3) is 0 Å². The fourth-order valence-electron chi connectivity index (χ4n) is 4.22. The summed E-state index contributed by atoms with van der Waals surface area (Å²) in [4.78, 5) is 30.7. The van der Waals surface area contributed by atoms with Crippen LogP contribution in [0.5, 0.6) is 0 Å². The number of hydrogen-bond donors (Lipinski definition) is 3. The number of aryl methyl sites for hydroxylation is 2. The monoisotopic (exact) mass is 516 g/mol. The molecule has 37 heavy (non-hydrogen) atoms. The van der Waals surface area contributed by atoms with Gasteiger partial charge >= 0.3 is 12.1 Å². The Hall–Kier alpha value is -3.24. The van der Waals surface area contributed by atoms with Gasteiger partial charge in [-0.05, 0) is 62.8 Å². The van der Waals surface area contributed by atoms with E-state index >= 15 is 0 Å². The number of carbonyl (C=O) groups is 2. The van der Waals surface area contributed by atoms with E-state index in [1.165, 1.54) is 23.8 Å². The zero-order valence-electron chi connectivity index (χ0n) is 21.4. The molecule has 1 aromatic carbocycles. The SMILES string of the molecule is COCCN(CCCCc1ccc2c(n1)NCCC2)CC[C@H](NC(=O)OCc1ccccc1F)C(=O)O. The van der Waals surface area contributed by atoms with E-state index in [9.17, 15) is 19.1 Å². The van der Waals surface area contributed by atoms with Crippen molar-refractivity contribution in [3.63, 3.8) is 0 Å². The van der Waals surface area contributed by atoms with Crippen molar-refractivity contribution in [3.05, 3.63) is 59.0 Å². The Morgan fingerprint density at radius 2 is 2.03 bits per heavy atom. The maximum Gasteiger partial charge on any atom is 0.408 e. The molecule has 0 unspecified atom stereocenters. The Kier molecular flexibility index (Phi) is 11.6. The number of amides is 1. The summed E-state index contributed by atoms with van der Waals surface area (Å²) < 4.78 is 23.9. The molecule has 1 atom stereocenters. The third-order valence-electron chi connectivity index (χ3n) is 6.36. The Bertz CT molecular complexity index is 1020. The highest BCUT2D eigenvalue weighted by molar-refractivity contribution is 5.79. The lowest BCUT2D eigenvalue weighted by Gasteiger charge is -2.24. The molecule has 0 spiro atoms. The molecule has 0 bridgehead atoms. The van der Waals surface area contributed by atoms with Gasteiger partial charge < -0.3 is 30.1 Å². The van der Waals surface area contributed by atoms with Crippen LogP contribution in [0.15, 0.2) is 36.4 Å². The second kappa shape index (κ2) is 15.1. The third kappa shape index (κ3) is 9.62. The first-order valence-electron chi connectivity index (χ1n) is 12.8. The Labute approximate surface area is 217 Å². The van der Waals surface area contributed by atoms with Gasteiger partial charge in [-0.3, -0.25) is 0 Å². The summed E-state index contributed by atoms with van der Waals surface area (Å²) in [6.07, 6.45) is 4.26. The zero-order valence-corrected chi connectivity index (χ0v) is 21.4. The van der Waals surface area contributed by atoms with Crippen LogP contribution in [0.3, 0.4) is 0 Å². The van der Waals surface area contributed by atoms with Crippen molar-refractivity contribution in [2.45, 2.75) is 51.2 Å². The molecule has 1 aliphatic heterocycles. The lowest BCUT2D eigenvalue weighted by Crippen LogP contribution is -2.43. The number of nitrogens with one attached hydrogen (secondary N) is 2. The second-order valence-electron chi connectivity index (χ2n) is 9.12. The number of alkyl carbamates (subject to hydrolysis) is 1. The third-order valence-corrected chi connectivity index (χ3v) is 6.36. The lowest BCUT2D eigenvalue weighted by molar-refractivity contribution is -0.139. The van der Waals surface area contributed by atoms with E-state index in [0.29, 0.717) is 19.7 Å². The van der Waals surface area contributed by atoms with Crippen LogP contribution in [0.1, 0.15) is 42.5 Å². The molecule has 1 amide bonds. The average molecular weight is 517 g/mol. The molecule has 0 saturated heterocycles. The molecule has 2 heterocycles. The van der Waals surface area contributed by atoms with Crippen molar-refractivity contribution in [1.29, 1.82) is 0 Å². The Morgan fingerprint density at radius 3 is 2.81 bits per heavy atom. The number of carboxylic acids is 1. The number of methoxy groups -OCH3 is 1. The Balaban J connectivity index is 1.43. The minimum atomic E-state index is -1.15. The van der Waals surface area contributed by atoms with Gasteiger partial charge in [-0.2, -0.15) is 0 Å². The summed E-state index contributed by atoms with van der Waals surface area (Å²) >= 11 is 0. The highest BCUT2D eigenvalue weighted by Gasteiger charge is 2.22. The number of pyridine rings is 1. The van der Waals surface area contributed by atoms with Gasteiger partial charge in [-0.25, -0.2) is 19.0 Å². The molecule has 0 fully saturated rings. The number of rotatable bonds is 15. The van der Waals surface area contributed by atoms with E-state index in [-0.39, 0.29) is 18.6 Å². The first-order valence-corrected chi connectivity index (χ1v) is 12.8. The van der Waals surface area contributed by atoms with E-state index in [1.54, 1.807) is 13.2 Å². The molecule has 202 valence electrons. The number of nitrogens with zero attached hydrogens (tertiary/aromatic N) is 2. The fourth-order valence-corrected chi connectivity index (χ4v) is 4.22. The largest absolute Gasteiger partial charge is 0.480 e. The minimum absolute atomic E-state index is 0.200. The first kappa shape index (κ1) is 28.3. The maximum atomic E-state index is 13.7. The molecule has 0 aliphatic carbocycles. The fraction of sp³-hybridized carbons (Fsp3) is 0.519. The molecule has 10 heteroatoms. The van der Waals surface area contributed by atoms with Gasteiger partial charge in [0.05, 0.1) is 6.61 Å². The number of carboxylic acid groups (broad SMARTS) is 1. The first-order chi connectivity index (χ1) is 18.0. The summed E-state index contributed by atoms with van der Waals surface area (Å²) in [5.74, 6) is -0.635. The summed E-state index contributed by atoms with van der Waals surface area (Å²) in [5.41, 5.74) is 2.57. The maximum absolute atomic E-state index is 13.7. The molecule has 0 saturated carbocycles. The molecule has 1 aliphatic rings. The summed E-state index contributed by atoms with van der Waals surface area (Å²) in [6.45, 7) is 3.11. The second-order valence-corrected chi connectivity index (χ2v) is 9.12. The number of aromatic nitrogens is 1. The number of carbonyl (C=O) groups excluding carboxylic acids is 1. The van der Waals surface area contributed by atoms with Crippen molar-refractivity contribution in [3.8, 4) is 0 Å². The number of aliphatic carboxylic acids is 1. The Morgan fingerprint density at radius 1 is 1.19 bits per heavy atom. The quantitative estimate of drug-likeness (QED) is 0.308. The van der Waals surface area contributed by atoms with E-state index in [0.717, 1.165) is 56.7 Å². The number of anilines is 1. The van der Waals surface area contributed by atoms with Crippen LogP contribution in [0, 0.1) is 5.82 Å². The van der Waals surface area contributed by atoms with Gasteiger partial charge in [0.15, 0.2) is 0 Å². The highest BCUT2D eigenvalue weighted by Crippen LogP contribution is 2.20. The van der Waals surface area contributed by atoms with Crippen molar-refractivity contribution < 1.29 is 28.6 Å². The molecule has 0 radical (unpaired) electrons. The molecule has 2 aromatic rings. The van der Waals surface area contributed by atoms with Gasteiger partial charge in [0, 0.05) is 38.0 Å². The number of ether oxygens (including phenoxy) is 2. The van der Waals surface area contributed by atoms with Crippen LogP contribution < -0.4 is 10.6 Å². The number of halogens is 1. The number of fused-ring (bicyclic) bond motifs is 1. The summed E-state index contributed by atoms with van der Waals surface area (Å²) in [7, 11) is 1.63. The smallest absolute Gasteiger partial charge is 0.408 e. The zero-order chi connectivity index (χ0) is 26.5. The van der Waals surface area contributed by atoms with E-state index in [1.807, 2.05) is 0 Å². The molecular formula is C27H37FN4O5. The van der Waals surface area contributed by atoms with Crippen LogP contribution in [0.4, 0.5) is 15.0 Å². The van der Waals surface area contributed by atoms with Crippen LogP contribution >= 0.6 is 0 Å². The van der Waals surface area contributed by atoms with E-state index in [4.69, 9.17) is 14.5 Å². The topological polar surface area (TPSA) is 113 Å². The van der Waals surface area contributed by atoms with Gasteiger partial charge in [0.2, 0.25) is 0 Å². The van der Waals surface area contributed by atoms with Crippen molar-refractivity contribution in [2.24, 2.45) is 0 Å². The standard InChI is InChI=1S/C27H37FN4O5/c1-36-18-17-32(15-5-4-9-22-12-11-20-8-6-14-29-25(20)30-22)16-13-24(26(33)34)31-27(35)37-19-21-7-2-3-10-23(21)28/h2-3,7,10-12,24H,4-6,8-9,13-19H2,1H3,(H,29,30)(H,31,35)(H,33,34)/t24-/m0/s1. The molecule has 3 rings (SSSR count). The summed E-state index contributed by atoms with van der Waals surface area (Å²) in [6, 6.07) is 9.09. The number of benzene rings is 1. The van der Waals surface area contributed by atoms with Gasteiger partial charge in [0.25, 0.3) is 0 Å². The normalized spacial score (nSPS) is 13.5. The van der Waals surface area contributed by atoms with Crippen LogP contribution in [-0.4, -0.2) is 73.0 Å². The van der Waals surface area contributed by atoms with E-state index in [2.05, 4.69) is 27.7 Å².